The molecule has 0 heterocycles. The second-order valence-electron chi connectivity index (χ2n) is 5.04. The molecule has 93 valence electrons. The van der Waals surface area contributed by atoms with Crippen molar-refractivity contribution in [3.05, 3.63) is 60.0 Å². The van der Waals surface area contributed by atoms with Crippen LogP contribution < -0.4 is 0 Å². The van der Waals surface area contributed by atoms with Crippen LogP contribution in [0.15, 0.2) is 42.0 Å². The monoisotopic (exact) mass is 239 g/mol. The number of rotatable bonds is 4. The van der Waals surface area contributed by atoms with Crippen molar-refractivity contribution in [2.24, 2.45) is 5.92 Å². The van der Waals surface area contributed by atoms with Gasteiger partial charge in [0, 0.05) is 6.92 Å². The van der Waals surface area contributed by atoms with Crippen molar-refractivity contribution in [2.45, 2.75) is 26.7 Å². The molecule has 1 saturated carbocycles. The van der Waals surface area contributed by atoms with Crippen molar-refractivity contribution in [2.75, 3.05) is 0 Å². The molecule has 1 aromatic rings. The number of Topliss-reactive ketones (excluding diaryl/α,β-unsaturated/α-hetero) is 1. The maximum atomic E-state index is 11.4. The molecule has 1 nitrogen and oxygen atoms in total. The van der Waals surface area contributed by atoms with Crippen LogP contribution in [0, 0.1) is 19.8 Å². The third kappa shape index (κ3) is 3.19. The summed E-state index contributed by atoms with van der Waals surface area (Å²) in [7, 11) is 0. The molecule has 0 aromatic heterocycles. The van der Waals surface area contributed by atoms with Crippen molar-refractivity contribution >= 4 is 11.4 Å². The average molecular weight is 239 g/mol. The predicted molar refractivity (Wildman–Crippen MR) is 76.0 cm³/mol. The van der Waals surface area contributed by atoms with Crippen LogP contribution in [0.5, 0.6) is 0 Å². The van der Waals surface area contributed by atoms with Gasteiger partial charge >= 0.3 is 0 Å². The van der Waals surface area contributed by atoms with E-state index in [2.05, 4.69) is 45.0 Å². The Morgan fingerprint density at radius 1 is 1.22 bits per heavy atom. The van der Waals surface area contributed by atoms with Crippen LogP contribution in [0.3, 0.4) is 0 Å². The highest BCUT2D eigenvalue weighted by Gasteiger charge is 2.27. The van der Waals surface area contributed by atoms with Crippen LogP contribution >= 0.6 is 0 Å². The van der Waals surface area contributed by atoms with Crippen LogP contribution in [0.1, 0.15) is 30.9 Å². The SMILES string of the molecule is [CH2]C(=O)/C(=C/C=C(\C)c1ccc(C)cc1)C1CC1. The Balaban J connectivity index is 2.19. The van der Waals surface area contributed by atoms with E-state index in [0.717, 1.165) is 18.4 Å². The molecular weight excluding hydrogens is 220 g/mol. The number of aryl methyl sites for hydroxylation is 1. The third-order valence-electron chi connectivity index (χ3n) is 3.36. The van der Waals surface area contributed by atoms with Crippen LogP contribution in [-0.2, 0) is 4.79 Å². The van der Waals surface area contributed by atoms with Gasteiger partial charge in [-0.1, -0.05) is 42.0 Å². The molecule has 1 aliphatic carbocycles. The van der Waals surface area contributed by atoms with Crippen molar-refractivity contribution < 1.29 is 4.79 Å². The van der Waals surface area contributed by atoms with Crippen LogP contribution in [0.2, 0.25) is 0 Å². The lowest BCUT2D eigenvalue weighted by atomic mass is 10.0. The fourth-order valence-corrected chi connectivity index (χ4v) is 1.98. The lowest BCUT2D eigenvalue weighted by Crippen LogP contribution is -1.98. The molecular formula is C17H19O. The fourth-order valence-electron chi connectivity index (χ4n) is 1.98. The van der Waals surface area contributed by atoms with E-state index < -0.39 is 0 Å². The molecule has 0 saturated heterocycles. The Morgan fingerprint density at radius 2 is 1.83 bits per heavy atom. The standard InChI is InChI=1S/C17H19O/c1-12-4-7-15(8-5-12)13(2)6-11-17(14(3)18)16-9-10-16/h4-8,11,16H,3,9-10H2,1-2H3/b13-6+,17-11-. The van der Waals surface area contributed by atoms with Gasteiger partial charge < -0.3 is 0 Å². The average Bonchev–Trinajstić information content (AvgIpc) is 3.14. The number of hydrogen-bond donors (Lipinski definition) is 0. The first-order chi connectivity index (χ1) is 8.58. The maximum absolute atomic E-state index is 11.4. The number of carbonyl (C=O) groups excluding carboxylic acids is 1. The van der Waals surface area contributed by atoms with Gasteiger partial charge in [-0.05, 0) is 49.3 Å². The van der Waals surface area contributed by atoms with Crippen molar-refractivity contribution in [3.63, 3.8) is 0 Å². The summed E-state index contributed by atoms with van der Waals surface area (Å²) >= 11 is 0. The Bertz CT molecular complexity index is 499. The van der Waals surface area contributed by atoms with Gasteiger partial charge in [-0.3, -0.25) is 4.79 Å². The topological polar surface area (TPSA) is 17.1 Å². The highest BCUT2D eigenvalue weighted by molar-refractivity contribution is 5.99. The Kier molecular flexibility index (Phi) is 3.81. The number of carbonyl (C=O) groups is 1. The quantitative estimate of drug-likeness (QED) is 0.570. The van der Waals surface area contributed by atoms with Gasteiger partial charge in [0.2, 0.25) is 0 Å². The van der Waals surface area contributed by atoms with Gasteiger partial charge in [0.1, 0.15) is 0 Å². The van der Waals surface area contributed by atoms with Gasteiger partial charge in [-0.25, -0.2) is 0 Å². The lowest BCUT2D eigenvalue weighted by molar-refractivity contribution is -0.111. The maximum Gasteiger partial charge on any atom is 0.159 e. The summed E-state index contributed by atoms with van der Waals surface area (Å²) in [6, 6.07) is 8.42. The molecule has 0 aliphatic heterocycles. The molecule has 18 heavy (non-hydrogen) atoms. The first-order valence-corrected chi connectivity index (χ1v) is 6.39. The van der Waals surface area contributed by atoms with Gasteiger partial charge in [0.05, 0.1) is 0 Å². The van der Waals surface area contributed by atoms with E-state index in [1.54, 1.807) is 0 Å². The van der Waals surface area contributed by atoms with Gasteiger partial charge in [0.15, 0.2) is 5.78 Å². The number of allylic oxidation sites excluding steroid dienone is 4. The van der Waals surface area contributed by atoms with E-state index in [-0.39, 0.29) is 5.78 Å². The lowest BCUT2D eigenvalue weighted by Gasteiger charge is -2.02. The zero-order chi connectivity index (χ0) is 13.1. The summed E-state index contributed by atoms with van der Waals surface area (Å²) in [5.74, 6) is 0.419. The second kappa shape index (κ2) is 5.34. The molecule has 1 fully saturated rings. The summed E-state index contributed by atoms with van der Waals surface area (Å²) in [6.45, 7) is 7.67. The van der Waals surface area contributed by atoms with Gasteiger partial charge in [-0.2, -0.15) is 0 Å². The Hall–Kier alpha value is -1.63. The molecule has 1 aromatic carbocycles. The predicted octanol–water partition coefficient (Wildman–Crippen LogP) is 4.14. The molecule has 0 spiro atoms. The smallest absolute Gasteiger partial charge is 0.159 e. The van der Waals surface area contributed by atoms with Crippen molar-refractivity contribution in [1.29, 1.82) is 0 Å². The number of benzene rings is 1. The molecule has 1 aliphatic rings. The zero-order valence-electron chi connectivity index (χ0n) is 11.1. The summed E-state index contributed by atoms with van der Waals surface area (Å²) in [5.41, 5.74) is 4.51. The van der Waals surface area contributed by atoms with Gasteiger partial charge in [-0.15, -0.1) is 0 Å². The van der Waals surface area contributed by atoms with E-state index >= 15 is 0 Å². The minimum absolute atomic E-state index is 0.0366. The molecule has 0 amide bonds. The number of hydrogen-bond acceptors (Lipinski definition) is 1. The van der Waals surface area contributed by atoms with E-state index in [9.17, 15) is 4.79 Å². The second-order valence-corrected chi connectivity index (χ2v) is 5.04. The van der Waals surface area contributed by atoms with Crippen molar-refractivity contribution in [1.82, 2.24) is 0 Å². The molecule has 0 N–H and O–H groups in total. The summed E-state index contributed by atoms with van der Waals surface area (Å²) in [5, 5.41) is 0. The molecule has 0 unspecified atom stereocenters. The van der Waals surface area contributed by atoms with E-state index in [1.165, 1.54) is 16.7 Å². The highest BCUT2D eigenvalue weighted by Crippen LogP contribution is 2.37. The zero-order valence-corrected chi connectivity index (χ0v) is 11.1. The third-order valence-corrected chi connectivity index (χ3v) is 3.36. The van der Waals surface area contributed by atoms with Crippen LogP contribution in [0.25, 0.3) is 5.57 Å². The molecule has 2 rings (SSSR count). The molecule has 1 heteroatoms. The van der Waals surface area contributed by atoms with E-state index in [4.69, 9.17) is 0 Å². The van der Waals surface area contributed by atoms with Crippen LogP contribution in [-0.4, -0.2) is 5.78 Å². The molecule has 0 atom stereocenters. The molecule has 1 radical (unpaired) electrons. The van der Waals surface area contributed by atoms with Crippen LogP contribution in [0.4, 0.5) is 0 Å². The fraction of sp³-hybridized carbons (Fsp3) is 0.294. The largest absolute Gasteiger partial charge is 0.295 e. The first kappa shape index (κ1) is 12.8. The summed E-state index contributed by atoms with van der Waals surface area (Å²) in [6.07, 6.45) is 6.23. The van der Waals surface area contributed by atoms with Crippen molar-refractivity contribution in [3.8, 4) is 0 Å². The Labute approximate surface area is 109 Å². The molecule has 0 bridgehead atoms. The normalized spacial score (nSPS) is 16.8. The number of ketones is 1. The summed E-state index contributed by atoms with van der Waals surface area (Å²) in [4.78, 5) is 11.4. The highest BCUT2D eigenvalue weighted by atomic mass is 16.1. The first-order valence-electron chi connectivity index (χ1n) is 6.39. The minimum Gasteiger partial charge on any atom is -0.295 e. The van der Waals surface area contributed by atoms with E-state index in [0.29, 0.717) is 5.92 Å². The summed E-state index contributed by atoms with van der Waals surface area (Å²) < 4.78 is 0. The van der Waals surface area contributed by atoms with Gasteiger partial charge in [0.25, 0.3) is 0 Å². The minimum atomic E-state index is -0.0366. The van der Waals surface area contributed by atoms with E-state index in [1.807, 2.05) is 12.2 Å². The Morgan fingerprint density at radius 3 is 2.33 bits per heavy atom.